The molecule has 2 aliphatic heterocycles. The molecule has 6 nitrogen and oxygen atoms in total. The van der Waals surface area contributed by atoms with E-state index in [-0.39, 0.29) is 39.9 Å². The zero-order valence-electron chi connectivity index (χ0n) is 23.1. The van der Waals surface area contributed by atoms with Crippen molar-refractivity contribution in [1.29, 1.82) is 0 Å². The Bertz CT molecular complexity index is 1130. The highest BCUT2D eigenvalue weighted by atomic mass is 16.6. The van der Waals surface area contributed by atoms with Gasteiger partial charge in [-0.1, -0.05) is 30.3 Å². The van der Waals surface area contributed by atoms with Crippen LogP contribution in [0.5, 0.6) is 0 Å². The third kappa shape index (κ3) is 6.09. The van der Waals surface area contributed by atoms with Crippen molar-refractivity contribution in [3.8, 4) is 0 Å². The van der Waals surface area contributed by atoms with Crippen LogP contribution in [0.15, 0.2) is 36.4 Å². The van der Waals surface area contributed by atoms with Crippen molar-refractivity contribution < 1.29 is 19.1 Å². The summed E-state index contributed by atoms with van der Waals surface area (Å²) in [6.45, 7) is 17.0. The van der Waals surface area contributed by atoms with Crippen LogP contribution >= 0.6 is 0 Å². The van der Waals surface area contributed by atoms with Crippen LogP contribution in [0, 0.1) is 0 Å². The average Bonchev–Trinajstić information content (AvgIpc) is 2.67. The topological polar surface area (TPSA) is 76.7 Å². The summed E-state index contributed by atoms with van der Waals surface area (Å²) in [5.74, 6) is -0.944. The van der Waals surface area contributed by atoms with Crippen molar-refractivity contribution in [3.05, 3.63) is 47.5 Å². The van der Waals surface area contributed by atoms with Gasteiger partial charge in [-0.3, -0.25) is 0 Å². The van der Waals surface area contributed by atoms with E-state index in [2.05, 4.69) is 66.0 Å². The van der Waals surface area contributed by atoms with Gasteiger partial charge < -0.3 is 20.1 Å². The summed E-state index contributed by atoms with van der Waals surface area (Å²) in [4.78, 5) is 27.3. The maximum absolute atomic E-state index is 13.7. The number of piperidine rings is 2. The summed E-state index contributed by atoms with van der Waals surface area (Å²) < 4.78 is 12.2. The fourth-order valence-corrected chi connectivity index (χ4v) is 6.71. The fraction of sp³-hybridized carbons (Fsp3) is 0.600. The summed E-state index contributed by atoms with van der Waals surface area (Å²) >= 11 is 0. The van der Waals surface area contributed by atoms with Crippen LogP contribution in [0.2, 0.25) is 0 Å². The number of esters is 2. The molecule has 2 heterocycles. The molecule has 2 saturated heterocycles. The van der Waals surface area contributed by atoms with Gasteiger partial charge in [0.1, 0.15) is 12.2 Å². The van der Waals surface area contributed by atoms with Gasteiger partial charge in [0.05, 0.1) is 11.1 Å². The highest BCUT2D eigenvalue weighted by molar-refractivity contribution is 6.12. The normalized spacial score (nSPS) is 23.2. The molecular weight excluding hydrogens is 452 g/mol. The van der Waals surface area contributed by atoms with E-state index in [1.807, 2.05) is 30.3 Å². The summed E-state index contributed by atoms with van der Waals surface area (Å²) in [5, 5.41) is 8.83. The van der Waals surface area contributed by atoms with Crippen molar-refractivity contribution in [3.63, 3.8) is 0 Å². The molecule has 0 bridgehead atoms. The van der Waals surface area contributed by atoms with E-state index >= 15 is 0 Å². The third-order valence-corrected chi connectivity index (χ3v) is 7.21. The van der Waals surface area contributed by atoms with Gasteiger partial charge in [-0.15, -0.1) is 0 Å². The minimum absolute atomic E-state index is 0.160. The molecule has 6 heteroatoms. The fourth-order valence-electron chi connectivity index (χ4n) is 6.71. The maximum Gasteiger partial charge on any atom is 0.339 e. The van der Waals surface area contributed by atoms with Gasteiger partial charge in [-0.2, -0.15) is 0 Å². The molecule has 2 aromatic rings. The number of carbonyl (C=O) groups is 2. The molecule has 0 atom stereocenters. The molecule has 196 valence electrons. The first-order valence-corrected chi connectivity index (χ1v) is 13.1. The molecule has 4 rings (SSSR count). The van der Waals surface area contributed by atoms with Gasteiger partial charge >= 0.3 is 11.9 Å². The number of hydrogen-bond acceptors (Lipinski definition) is 6. The Labute approximate surface area is 215 Å². The Kier molecular flexibility index (Phi) is 6.76. The van der Waals surface area contributed by atoms with E-state index < -0.39 is 11.9 Å². The summed E-state index contributed by atoms with van der Waals surface area (Å²) in [7, 11) is 0. The predicted molar refractivity (Wildman–Crippen MR) is 143 cm³/mol. The van der Waals surface area contributed by atoms with E-state index in [1.54, 1.807) is 6.07 Å². The van der Waals surface area contributed by atoms with Crippen molar-refractivity contribution >= 4 is 22.7 Å². The molecule has 2 N–H and O–H groups in total. The zero-order valence-corrected chi connectivity index (χ0v) is 23.1. The molecule has 2 aliphatic rings. The lowest BCUT2D eigenvalue weighted by molar-refractivity contribution is -0.0105. The van der Waals surface area contributed by atoms with Crippen LogP contribution in [0.3, 0.4) is 0 Å². The minimum atomic E-state index is -0.475. The van der Waals surface area contributed by atoms with Crippen LogP contribution in [-0.2, 0) is 9.47 Å². The SMILES string of the molecule is CC1(C)CC(OC(=O)c2ccc3ccccc3c2C(=O)OC2CC(C)(C)NC(C)(C)C2)CC(C)(C)N1. The van der Waals surface area contributed by atoms with Crippen molar-refractivity contribution in [2.45, 2.75) is 115 Å². The van der Waals surface area contributed by atoms with Gasteiger partial charge in [-0.05, 0) is 72.2 Å². The van der Waals surface area contributed by atoms with Crippen molar-refractivity contribution in [2.24, 2.45) is 0 Å². The van der Waals surface area contributed by atoms with Crippen LogP contribution in [0.4, 0.5) is 0 Å². The monoisotopic (exact) mass is 494 g/mol. The highest BCUT2D eigenvalue weighted by Crippen LogP contribution is 2.34. The van der Waals surface area contributed by atoms with E-state index in [0.29, 0.717) is 36.6 Å². The molecule has 0 aromatic heterocycles. The highest BCUT2D eigenvalue weighted by Gasteiger charge is 2.41. The van der Waals surface area contributed by atoms with Crippen LogP contribution in [0.25, 0.3) is 10.8 Å². The zero-order chi connectivity index (χ0) is 26.5. The number of rotatable bonds is 4. The number of fused-ring (bicyclic) bond motifs is 1. The van der Waals surface area contributed by atoms with Gasteiger partial charge in [0, 0.05) is 47.8 Å². The second-order valence-corrected chi connectivity index (χ2v) is 13.4. The largest absolute Gasteiger partial charge is 0.459 e. The number of benzene rings is 2. The predicted octanol–water partition coefficient (Wildman–Crippen LogP) is 5.77. The molecule has 0 aliphatic carbocycles. The second-order valence-electron chi connectivity index (χ2n) is 13.4. The number of nitrogens with one attached hydrogen (secondary N) is 2. The molecule has 0 saturated carbocycles. The standard InChI is InChI=1S/C30H42N2O4/c1-27(2)15-20(16-28(3,4)31-27)35-25(33)23-14-13-19-11-9-10-12-22(19)24(23)26(34)36-21-17-29(5,6)32-30(7,8)18-21/h9-14,20-21,31-32H,15-18H2,1-8H3. The van der Waals surface area contributed by atoms with Gasteiger partial charge in [0.2, 0.25) is 0 Å². The van der Waals surface area contributed by atoms with Gasteiger partial charge in [-0.25, -0.2) is 9.59 Å². The third-order valence-electron chi connectivity index (χ3n) is 7.21. The summed E-state index contributed by atoms with van der Waals surface area (Å²) in [5.41, 5.74) is -0.0946. The van der Waals surface area contributed by atoms with E-state index in [1.165, 1.54) is 0 Å². The van der Waals surface area contributed by atoms with E-state index in [4.69, 9.17) is 9.47 Å². The minimum Gasteiger partial charge on any atom is -0.459 e. The second kappa shape index (κ2) is 9.14. The number of ether oxygens (including phenoxy) is 2. The lowest BCUT2D eigenvalue weighted by Gasteiger charge is -2.46. The van der Waals surface area contributed by atoms with Crippen molar-refractivity contribution in [2.75, 3.05) is 0 Å². The van der Waals surface area contributed by atoms with Gasteiger partial charge in [0.15, 0.2) is 0 Å². The Morgan fingerprint density at radius 2 is 1.11 bits per heavy atom. The quantitative estimate of drug-likeness (QED) is 0.526. The molecule has 36 heavy (non-hydrogen) atoms. The average molecular weight is 495 g/mol. The molecule has 0 radical (unpaired) electrons. The molecule has 0 amide bonds. The first-order chi connectivity index (χ1) is 16.5. The van der Waals surface area contributed by atoms with Crippen LogP contribution in [-0.4, -0.2) is 46.3 Å². The van der Waals surface area contributed by atoms with E-state index in [0.717, 1.165) is 5.39 Å². The van der Waals surface area contributed by atoms with Gasteiger partial charge in [0.25, 0.3) is 0 Å². The molecule has 2 aromatic carbocycles. The Hall–Kier alpha value is -2.44. The molecule has 0 unspecified atom stereocenters. The van der Waals surface area contributed by atoms with Crippen molar-refractivity contribution in [1.82, 2.24) is 10.6 Å². The Morgan fingerprint density at radius 1 is 0.667 bits per heavy atom. The Morgan fingerprint density at radius 3 is 1.61 bits per heavy atom. The summed E-state index contributed by atoms with van der Waals surface area (Å²) in [6.07, 6.45) is 2.31. The first-order valence-electron chi connectivity index (χ1n) is 13.1. The lowest BCUT2D eigenvalue weighted by Crippen LogP contribution is -2.59. The Balaban J connectivity index is 1.65. The molecular formula is C30H42N2O4. The maximum atomic E-state index is 13.7. The van der Waals surface area contributed by atoms with Crippen LogP contribution < -0.4 is 10.6 Å². The number of hydrogen-bond donors (Lipinski definition) is 2. The molecule has 0 spiro atoms. The lowest BCUT2D eigenvalue weighted by atomic mass is 9.81. The van der Waals surface area contributed by atoms with E-state index in [9.17, 15) is 9.59 Å². The summed E-state index contributed by atoms with van der Waals surface area (Å²) in [6, 6.07) is 11.2. The smallest absolute Gasteiger partial charge is 0.339 e. The molecule has 2 fully saturated rings. The number of carbonyl (C=O) groups excluding carboxylic acids is 2. The van der Waals surface area contributed by atoms with Crippen LogP contribution in [0.1, 0.15) is 102 Å². The first kappa shape index (κ1) is 26.6.